The number of carbonyl (C=O) groups is 1. The first kappa shape index (κ1) is 18.5. The molecule has 0 saturated carbocycles. The van der Waals surface area contributed by atoms with Crippen molar-refractivity contribution in [2.45, 2.75) is 38.8 Å². The first-order valence-corrected chi connectivity index (χ1v) is 8.79. The number of amides is 1. The van der Waals surface area contributed by atoms with Gasteiger partial charge in [0.25, 0.3) is 5.91 Å². The van der Waals surface area contributed by atoms with E-state index in [1.54, 1.807) is 12.1 Å². The van der Waals surface area contributed by atoms with Crippen LogP contribution in [-0.2, 0) is 6.18 Å². The van der Waals surface area contributed by atoms with Gasteiger partial charge in [0.2, 0.25) is 0 Å². The van der Waals surface area contributed by atoms with Gasteiger partial charge in [0.15, 0.2) is 0 Å². The lowest BCUT2D eigenvalue weighted by Crippen LogP contribution is -2.38. The topological polar surface area (TPSA) is 20.3 Å². The van der Waals surface area contributed by atoms with Crippen LogP contribution < -0.4 is 0 Å². The van der Waals surface area contributed by atoms with E-state index in [1.807, 2.05) is 36.9 Å². The predicted octanol–water partition coefficient (Wildman–Crippen LogP) is 5.34. The van der Waals surface area contributed by atoms with Gasteiger partial charge in [-0.15, -0.1) is 0 Å². The second-order valence-electron chi connectivity index (χ2n) is 6.99. The van der Waals surface area contributed by atoms with Crippen LogP contribution >= 0.6 is 0 Å². The Bertz CT molecular complexity index is 788. The fraction of sp³-hybridized carbons (Fsp3) is 0.381. The zero-order chi connectivity index (χ0) is 18.9. The van der Waals surface area contributed by atoms with Gasteiger partial charge in [-0.3, -0.25) is 4.79 Å². The Morgan fingerprint density at radius 3 is 2.12 bits per heavy atom. The summed E-state index contributed by atoms with van der Waals surface area (Å²) in [5, 5.41) is 0. The second kappa shape index (κ2) is 7.14. The first-order chi connectivity index (χ1) is 12.3. The molecule has 0 unspecified atom stereocenters. The minimum absolute atomic E-state index is 0.0268. The zero-order valence-electron chi connectivity index (χ0n) is 14.9. The fourth-order valence-electron chi connectivity index (χ4n) is 3.42. The van der Waals surface area contributed by atoms with Crippen molar-refractivity contribution < 1.29 is 18.0 Å². The summed E-state index contributed by atoms with van der Waals surface area (Å²) in [7, 11) is 0. The third-order valence-electron chi connectivity index (χ3n) is 5.25. The largest absolute Gasteiger partial charge is 0.416 e. The van der Waals surface area contributed by atoms with Gasteiger partial charge in [-0.25, -0.2) is 0 Å². The number of likely N-dealkylation sites (tertiary alicyclic amines) is 1. The molecule has 0 bridgehead atoms. The standard InChI is InChI=1S/C21H22F3NO/c1-14-3-4-18(13-15(14)2)20(26)25-11-9-17(10-12-25)16-5-7-19(8-6-16)21(22,23)24/h3-8,13,17H,9-12H2,1-2H3. The van der Waals surface area contributed by atoms with Crippen LogP contribution in [0, 0.1) is 13.8 Å². The molecule has 2 aromatic carbocycles. The molecule has 2 aromatic rings. The summed E-state index contributed by atoms with van der Waals surface area (Å²) in [6, 6.07) is 11.1. The summed E-state index contributed by atoms with van der Waals surface area (Å²) >= 11 is 0. The Balaban J connectivity index is 1.63. The van der Waals surface area contributed by atoms with Crippen LogP contribution in [0.1, 0.15) is 51.4 Å². The maximum Gasteiger partial charge on any atom is 0.416 e. The van der Waals surface area contributed by atoms with Crippen LogP contribution in [0.25, 0.3) is 0 Å². The predicted molar refractivity (Wildman–Crippen MR) is 95.2 cm³/mol. The SMILES string of the molecule is Cc1ccc(C(=O)N2CCC(c3ccc(C(F)(F)F)cc3)CC2)cc1C. The van der Waals surface area contributed by atoms with Crippen molar-refractivity contribution in [3.63, 3.8) is 0 Å². The zero-order valence-corrected chi connectivity index (χ0v) is 14.9. The van der Waals surface area contributed by atoms with Crippen molar-refractivity contribution in [3.8, 4) is 0 Å². The van der Waals surface area contributed by atoms with Gasteiger partial charge in [0.05, 0.1) is 5.56 Å². The molecule has 138 valence electrons. The summed E-state index contributed by atoms with van der Waals surface area (Å²) in [5.41, 5.74) is 3.24. The molecule has 1 saturated heterocycles. The molecule has 1 aliphatic heterocycles. The molecule has 0 aromatic heterocycles. The minimum Gasteiger partial charge on any atom is -0.339 e. The van der Waals surface area contributed by atoms with Crippen LogP contribution in [0.2, 0.25) is 0 Å². The number of rotatable bonds is 2. The number of aryl methyl sites for hydroxylation is 2. The van der Waals surface area contributed by atoms with Crippen molar-refractivity contribution in [1.29, 1.82) is 0 Å². The van der Waals surface area contributed by atoms with Gasteiger partial charge in [0.1, 0.15) is 0 Å². The molecule has 0 atom stereocenters. The quantitative estimate of drug-likeness (QED) is 0.707. The summed E-state index contributed by atoms with van der Waals surface area (Å²) in [4.78, 5) is 14.5. The van der Waals surface area contributed by atoms with E-state index in [-0.39, 0.29) is 11.8 Å². The van der Waals surface area contributed by atoms with E-state index < -0.39 is 11.7 Å². The third-order valence-corrected chi connectivity index (χ3v) is 5.25. The van der Waals surface area contributed by atoms with E-state index in [4.69, 9.17) is 0 Å². The highest BCUT2D eigenvalue weighted by Gasteiger charge is 2.31. The molecular formula is C21H22F3NO. The van der Waals surface area contributed by atoms with Gasteiger partial charge in [-0.05, 0) is 73.6 Å². The normalized spacial score (nSPS) is 16.0. The number of nitrogens with zero attached hydrogens (tertiary/aromatic N) is 1. The molecule has 3 rings (SSSR count). The minimum atomic E-state index is -4.31. The number of alkyl halides is 3. The van der Waals surface area contributed by atoms with Crippen molar-refractivity contribution in [2.24, 2.45) is 0 Å². The van der Waals surface area contributed by atoms with Crippen LogP contribution in [0.3, 0.4) is 0 Å². The van der Waals surface area contributed by atoms with Crippen LogP contribution in [-0.4, -0.2) is 23.9 Å². The highest BCUT2D eigenvalue weighted by Crippen LogP contribution is 2.33. The second-order valence-corrected chi connectivity index (χ2v) is 6.99. The highest BCUT2D eigenvalue weighted by molar-refractivity contribution is 5.94. The average molecular weight is 361 g/mol. The van der Waals surface area contributed by atoms with Gasteiger partial charge >= 0.3 is 6.18 Å². The summed E-state index contributed by atoms with van der Waals surface area (Å²) in [6.07, 6.45) is -2.77. The Labute approximate surface area is 151 Å². The fourth-order valence-corrected chi connectivity index (χ4v) is 3.42. The highest BCUT2D eigenvalue weighted by atomic mass is 19.4. The molecule has 26 heavy (non-hydrogen) atoms. The number of carbonyl (C=O) groups excluding carboxylic acids is 1. The lowest BCUT2D eigenvalue weighted by molar-refractivity contribution is -0.137. The summed E-state index contributed by atoms with van der Waals surface area (Å²) < 4.78 is 38.0. The summed E-state index contributed by atoms with van der Waals surface area (Å²) in [5.74, 6) is 0.222. The molecule has 1 fully saturated rings. The molecule has 2 nitrogen and oxygen atoms in total. The molecule has 0 spiro atoms. The Kier molecular flexibility index (Phi) is 5.08. The lowest BCUT2D eigenvalue weighted by Gasteiger charge is -2.32. The molecule has 1 aliphatic rings. The smallest absolute Gasteiger partial charge is 0.339 e. The number of hydrogen-bond acceptors (Lipinski definition) is 1. The van der Waals surface area contributed by atoms with Gasteiger partial charge in [-0.2, -0.15) is 13.2 Å². The molecule has 5 heteroatoms. The molecule has 1 heterocycles. The van der Waals surface area contributed by atoms with Crippen molar-refractivity contribution >= 4 is 5.91 Å². The summed E-state index contributed by atoms with van der Waals surface area (Å²) in [6.45, 7) is 5.25. The molecule has 0 N–H and O–H groups in total. The maximum absolute atomic E-state index is 12.7. The van der Waals surface area contributed by atoms with E-state index in [0.29, 0.717) is 18.7 Å². The van der Waals surface area contributed by atoms with E-state index in [0.717, 1.165) is 41.7 Å². The van der Waals surface area contributed by atoms with Gasteiger partial charge < -0.3 is 4.90 Å². The van der Waals surface area contributed by atoms with Gasteiger partial charge in [0, 0.05) is 18.7 Å². The van der Waals surface area contributed by atoms with E-state index in [9.17, 15) is 18.0 Å². The van der Waals surface area contributed by atoms with E-state index >= 15 is 0 Å². The van der Waals surface area contributed by atoms with Crippen molar-refractivity contribution in [1.82, 2.24) is 4.90 Å². The Hall–Kier alpha value is -2.30. The number of halogens is 3. The average Bonchev–Trinajstić information content (AvgIpc) is 2.63. The van der Waals surface area contributed by atoms with Gasteiger partial charge in [-0.1, -0.05) is 18.2 Å². The number of benzene rings is 2. The molecule has 1 amide bonds. The first-order valence-electron chi connectivity index (χ1n) is 8.79. The van der Waals surface area contributed by atoms with Crippen molar-refractivity contribution in [3.05, 3.63) is 70.3 Å². The monoisotopic (exact) mass is 361 g/mol. The Morgan fingerprint density at radius 2 is 1.58 bits per heavy atom. The van der Waals surface area contributed by atoms with E-state index in [1.165, 1.54) is 0 Å². The Morgan fingerprint density at radius 1 is 0.962 bits per heavy atom. The van der Waals surface area contributed by atoms with E-state index in [2.05, 4.69) is 0 Å². The van der Waals surface area contributed by atoms with Crippen molar-refractivity contribution in [2.75, 3.05) is 13.1 Å². The van der Waals surface area contributed by atoms with Crippen LogP contribution in [0.5, 0.6) is 0 Å². The lowest BCUT2D eigenvalue weighted by atomic mass is 9.88. The third kappa shape index (κ3) is 3.92. The molecular weight excluding hydrogens is 339 g/mol. The van der Waals surface area contributed by atoms with Crippen LogP contribution in [0.4, 0.5) is 13.2 Å². The number of piperidine rings is 1. The number of hydrogen-bond donors (Lipinski definition) is 0. The maximum atomic E-state index is 12.7. The van der Waals surface area contributed by atoms with Crippen LogP contribution in [0.15, 0.2) is 42.5 Å². The molecule has 0 radical (unpaired) electrons. The molecule has 0 aliphatic carbocycles.